The monoisotopic (exact) mass is 1560 g/mol. The molecule has 0 bridgehead atoms. The average molecular weight is 1570 g/mol. The van der Waals surface area contributed by atoms with Crippen molar-refractivity contribution in [3.05, 3.63) is 364 Å². The summed E-state index contributed by atoms with van der Waals surface area (Å²) in [5, 5.41) is 17.9. The second-order valence-electron chi connectivity index (χ2n) is 19.8. The van der Waals surface area contributed by atoms with Gasteiger partial charge in [0.2, 0.25) is 0 Å². The van der Waals surface area contributed by atoms with Crippen LogP contribution in [0.4, 0.5) is 0 Å². The summed E-state index contributed by atoms with van der Waals surface area (Å²) in [6, 6.07) is 132. The Hall–Kier alpha value is -5.40. The molecule has 424 valence electrons. The SMILES string of the molecule is [Pt].[Pt].c1ccc([PH+](CC[PH+](c2ccccc2)c2ccccc2)c2ccccc2)cc1.c1ccc([PH+](CC[PH+](c2ccccc2)c2ccccc2)c2ccccc2)cc1.c1ccc([PH2+]c2ccccc2)cc1.c1ccc([PH2+]c2ccccc2)cc1. The first-order valence-electron chi connectivity index (χ1n) is 28.5. The molecule has 0 aromatic heterocycles. The molecule has 0 fully saturated rings. The van der Waals surface area contributed by atoms with Gasteiger partial charge < -0.3 is 0 Å². The molecule has 0 N–H and O–H groups in total. The first-order valence-corrected chi connectivity index (χ1v) is 37.6. The van der Waals surface area contributed by atoms with Crippen LogP contribution in [0.25, 0.3) is 0 Å². The Labute approximate surface area is 538 Å². The van der Waals surface area contributed by atoms with Crippen LogP contribution in [-0.4, -0.2) is 24.6 Å². The van der Waals surface area contributed by atoms with E-state index in [-0.39, 0.29) is 59.3 Å². The molecule has 0 atom stereocenters. The van der Waals surface area contributed by atoms with E-state index in [4.69, 9.17) is 0 Å². The van der Waals surface area contributed by atoms with Crippen molar-refractivity contribution < 1.29 is 42.1 Å². The van der Waals surface area contributed by atoms with Crippen molar-refractivity contribution in [2.75, 3.05) is 24.6 Å². The van der Waals surface area contributed by atoms with Crippen LogP contribution >= 0.6 is 48.8 Å². The Morgan fingerprint density at radius 1 is 0.155 bits per heavy atom. The van der Waals surface area contributed by atoms with Gasteiger partial charge in [0.15, 0.2) is 0 Å². The third-order valence-corrected chi connectivity index (χ3v) is 29.2. The van der Waals surface area contributed by atoms with E-state index in [2.05, 4.69) is 364 Å². The molecular weight excluding hydrogens is 1490 g/mol. The van der Waals surface area contributed by atoms with Gasteiger partial charge in [-0.2, -0.15) is 0 Å². The molecule has 0 radical (unpaired) electrons. The standard InChI is InChI=1S/2C26H24P2.2C12H11P.2Pt/c2*1-5-13-23(14-6-1)27(24-15-7-2-8-16-24)21-22-28(25-17-9-3-10-18-25)26-19-11-4-12-20-26;2*1-3-7-11(8-4-1)13-12-9-5-2-6-10-12;;/h2*1-20H,21-22H2;2*1-10,13H;;/p+6. The molecule has 8 heteroatoms. The summed E-state index contributed by atoms with van der Waals surface area (Å²) < 4.78 is 0. The first-order chi connectivity index (χ1) is 40.7. The maximum Gasteiger partial charge on any atom is 0.101 e. The van der Waals surface area contributed by atoms with Crippen molar-refractivity contribution in [3.8, 4) is 0 Å². The number of hydrogen-bond donors (Lipinski definition) is 0. The van der Waals surface area contributed by atoms with Gasteiger partial charge in [0.1, 0.15) is 24.6 Å². The summed E-state index contributed by atoms with van der Waals surface area (Å²) in [4.78, 5) is 0. The number of benzene rings is 12. The molecule has 12 rings (SSSR count). The quantitative estimate of drug-likeness (QED) is 0.0751. The number of rotatable bonds is 18. The van der Waals surface area contributed by atoms with Gasteiger partial charge in [0.25, 0.3) is 0 Å². The van der Waals surface area contributed by atoms with Crippen LogP contribution < -0.4 is 63.7 Å². The normalized spacial score (nSPS) is 10.4. The van der Waals surface area contributed by atoms with Gasteiger partial charge in [-0.05, 0) is 146 Å². The third-order valence-electron chi connectivity index (χ3n) is 14.1. The molecule has 0 aliphatic heterocycles. The van der Waals surface area contributed by atoms with E-state index in [0.29, 0.717) is 0 Å². The molecule has 84 heavy (non-hydrogen) atoms. The fraction of sp³-hybridized carbons (Fsp3) is 0.0526. The van der Waals surface area contributed by atoms with Crippen LogP contribution in [0.5, 0.6) is 0 Å². The predicted octanol–water partition coefficient (Wildman–Crippen LogP) is 13.5. The van der Waals surface area contributed by atoms with Crippen LogP contribution in [0.15, 0.2) is 364 Å². The Balaban J connectivity index is 0.000000169. The fourth-order valence-electron chi connectivity index (χ4n) is 10.0. The van der Waals surface area contributed by atoms with Crippen molar-refractivity contribution in [3.63, 3.8) is 0 Å². The van der Waals surface area contributed by atoms with E-state index in [0.717, 1.165) is 0 Å². The van der Waals surface area contributed by atoms with Crippen molar-refractivity contribution >= 4 is 113 Å². The molecular formula is C76H76P6Pt2+6. The maximum atomic E-state index is 2.32. The number of hydrogen-bond acceptors (Lipinski definition) is 0. The third kappa shape index (κ3) is 22.1. The topological polar surface area (TPSA) is 0 Å². The minimum absolute atomic E-state index is 0. The van der Waals surface area contributed by atoms with Gasteiger partial charge in [-0.25, -0.2) is 0 Å². The summed E-state index contributed by atoms with van der Waals surface area (Å²) in [5.74, 6) is 0. The molecule has 0 nitrogen and oxygen atoms in total. The van der Waals surface area contributed by atoms with Crippen LogP contribution in [0.2, 0.25) is 0 Å². The van der Waals surface area contributed by atoms with Gasteiger partial charge in [-0.15, -0.1) is 0 Å². The van der Waals surface area contributed by atoms with E-state index in [1.807, 2.05) is 0 Å². The van der Waals surface area contributed by atoms with Crippen molar-refractivity contribution in [2.24, 2.45) is 0 Å². The second kappa shape index (κ2) is 38.6. The van der Waals surface area contributed by atoms with Crippen molar-refractivity contribution in [2.45, 2.75) is 0 Å². The summed E-state index contributed by atoms with van der Waals surface area (Å²) in [5.41, 5.74) is 0. The summed E-state index contributed by atoms with van der Waals surface area (Å²) >= 11 is 0. The average Bonchev–Trinajstić information content (AvgIpc) is 3.58. The van der Waals surface area contributed by atoms with Crippen LogP contribution in [0, 0.1) is 0 Å². The van der Waals surface area contributed by atoms with Gasteiger partial charge in [-0.3, -0.25) is 0 Å². The van der Waals surface area contributed by atoms with E-state index < -0.39 is 31.7 Å². The molecule has 0 unspecified atom stereocenters. The van der Waals surface area contributed by atoms with Crippen LogP contribution in [0.3, 0.4) is 0 Å². The molecule has 12 aromatic rings. The summed E-state index contributed by atoms with van der Waals surface area (Å²) in [6.07, 6.45) is 5.04. The Morgan fingerprint density at radius 3 is 0.381 bits per heavy atom. The predicted molar refractivity (Wildman–Crippen MR) is 385 cm³/mol. The second-order valence-corrected chi connectivity index (χ2v) is 33.5. The molecule has 0 aliphatic carbocycles. The molecule has 0 spiro atoms. The fourth-order valence-corrected chi connectivity index (χ4v) is 24.8. The smallest absolute Gasteiger partial charge is 0.0620 e. The summed E-state index contributed by atoms with van der Waals surface area (Å²) in [7, 11) is -2.59. The molecule has 0 saturated carbocycles. The molecule has 0 heterocycles. The maximum absolute atomic E-state index is 2.32. The van der Waals surface area contributed by atoms with Crippen LogP contribution in [0.1, 0.15) is 0 Å². The molecule has 0 amide bonds. The Morgan fingerprint density at radius 2 is 0.262 bits per heavy atom. The van der Waals surface area contributed by atoms with Gasteiger partial charge in [0, 0.05) is 42.1 Å². The van der Waals surface area contributed by atoms with Crippen LogP contribution in [-0.2, 0) is 42.1 Å². The minimum atomic E-state index is -0.783. The Kier molecular flexibility index (Phi) is 30.4. The minimum Gasteiger partial charge on any atom is -0.0620 e. The Bertz CT molecular complexity index is 2910. The van der Waals surface area contributed by atoms with Gasteiger partial charge in [0.05, 0.1) is 113 Å². The first kappa shape index (κ1) is 66.1. The van der Waals surface area contributed by atoms with Crippen molar-refractivity contribution in [1.29, 1.82) is 0 Å². The van der Waals surface area contributed by atoms with Gasteiger partial charge in [-0.1, -0.05) is 218 Å². The summed E-state index contributed by atoms with van der Waals surface area (Å²) in [6.45, 7) is 0. The van der Waals surface area contributed by atoms with Gasteiger partial charge >= 0.3 is 0 Å². The molecule has 0 aliphatic rings. The molecule has 12 aromatic carbocycles. The zero-order chi connectivity index (χ0) is 55.9. The zero-order valence-corrected chi connectivity index (χ0v) is 58.1. The zero-order valence-electron chi connectivity index (χ0n) is 47.3. The van der Waals surface area contributed by atoms with Crippen molar-refractivity contribution in [1.82, 2.24) is 0 Å². The largest absolute Gasteiger partial charge is 0.101 e. The van der Waals surface area contributed by atoms with E-state index in [1.54, 1.807) is 0 Å². The van der Waals surface area contributed by atoms with E-state index in [9.17, 15) is 0 Å². The molecule has 0 saturated heterocycles. The van der Waals surface area contributed by atoms with E-state index in [1.165, 1.54) is 88.3 Å². The van der Waals surface area contributed by atoms with E-state index >= 15 is 0 Å².